The van der Waals surface area contributed by atoms with E-state index in [1.807, 2.05) is 12.1 Å². The van der Waals surface area contributed by atoms with Gasteiger partial charge in [0.05, 0.1) is 0 Å². The first-order valence-electron chi connectivity index (χ1n) is 6.81. The molecule has 0 aliphatic carbocycles. The van der Waals surface area contributed by atoms with Crippen LogP contribution < -0.4 is 5.32 Å². The van der Waals surface area contributed by atoms with Crippen LogP contribution in [0, 0.1) is 0 Å². The van der Waals surface area contributed by atoms with E-state index in [1.165, 1.54) is 37.7 Å². The molecule has 0 saturated heterocycles. The molecule has 0 spiro atoms. The maximum Gasteiger partial charge on any atom is 0.115 e. The summed E-state index contributed by atoms with van der Waals surface area (Å²) >= 11 is 0. The van der Waals surface area contributed by atoms with Crippen LogP contribution >= 0.6 is 0 Å². The lowest BCUT2D eigenvalue weighted by Gasteiger charge is -2.05. The predicted molar refractivity (Wildman–Crippen MR) is 73.4 cm³/mol. The number of aromatic hydroxyl groups is 1. The van der Waals surface area contributed by atoms with Crippen LogP contribution in [0.2, 0.25) is 0 Å². The Morgan fingerprint density at radius 3 is 2.35 bits per heavy atom. The highest BCUT2D eigenvalue weighted by Gasteiger charge is 1.94. The summed E-state index contributed by atoms with van der Waals surface area (Å²) in [6.45, 7) is 4.40. The lowest BCUT2D eigenvalue weighted by atomic mass is 10.1. The first-order chi connectivity index (χ1) is 8.33. The van der Waals surface area contributed by atoms with Crippen LogP contribution in [0.5, 0.6) is 5.75 Å². The molecule has 0 aliphatic heterocycles. The summed E-state index contributed by atoms with van der Waals surface area (Å²) < 4.78 is 0. The summed E-state index contributed by atoms with van der Waals surface area (Å²) in [4.78, 5) is 0. The van der Waals surface area contributed by atoms with E-state index in [9.17, 15) is 0 Å². The van der Waals surface area contributed by atoms with Crippen LogP contribution in [0.1, 0.15) is 44.6 Å². The van der Waals surface area contributed by atoms with E-state index in [0.717, 1.165) is 19.5 Å². The molecule has 2 nitrogen and oxygen atoms in total. The lowest BCUT2D eigenvalue weighted by Crippen LogP contribution is -2.18. The third-order valence-corrected chi connectivity index (χ3v) is 2.98. The van der Waals surface area contributed by atoms with Gasteiger partial charge in [0.2, 0.25) is 0 Å². The number of hydrogen-bond donors (Lipinski definition) is 2. The highest BCUT2D eigenvalue weighted by molar-refractivity contribution is 5.25. The monoisotopic (exact) mass is 235 g/mol. The van der Waals surface area contributed by atoms with Crippen LogP contribution in [0.15, 0.2) is 24.3 Å². The second-order valence-corrected chi connectivity index (χ2v) is 4.58. The van der Waals surface area contributed by atoms with Gasteiger partial charge in [0.25, 0.3) is 0 Å². The zero-order chi connectivity index (χ0) is 12.3. The molecule has 17 heavy (non-hydrogen) atoms. The molecule has 0 atom stereocenters. The van der Waals surface area contributed by atoms with Gasteiger partial charge in [-0.2, -0.15) is 0 Å². The second-order valence-electron chi connectivity index (χ2n) is 4.58. The maximum atomic E-state index is 9.15. The number of phenolic OH excluding ortho intramolecular Hbond substituents is 1. The van der Waals surface area contributed by atoms with Gasteiger partial charge in [0.1, 0.15) is 5.75 Å². The van der Waals surface area contributed by atoms with Crippen molar-refractivity contribution < 1.29 is 5.11 Å². The van der Waals surface area contributed by atoms with Crippen LogP contribution in [-0.2, 0) is 6.42 Å². The van der Waals surface area contributed by atoms with Crippen molar-refractivity contribution in [3.05, 3.63) is 29.8 Å². The minimum atomic E-state index is 0.345. The quantitative estimate of drug-likeness (QED) is 0.642. The van der Waals surface area contributed by atoms with Crippen LogP contribution in [0.4, 0.5) is 0 Å². The van der Waals surface area contributed by atoms with Gasteiger partial charge < -0.3 is 10.4 Å². The molecular formula is C15H25NO. The standard InChI is InChI=1S/C15H25NO/c1-2-3-4-5-6-12-16-13-11-14-7-9-15(17)10-8-14/h7-10,16-17H,2-6,11-13H2,1H3. The molecule has 2 N–H and O–H groups in total. The van der Waals surface area contributed by atoms with E-state index in [4.69, 9.17) is 5.11 Å². The summed E-state index contributed by atoms with van der Waals surface area (Å²) in [5.41, 5.74) is 1.28. The highest BCUT2D eigenvalue weighted by Crippen LogP contribution is 2.09. The molecule has 1 aromatic rings. The summed E-state index contributed by atoms with van der Waals surface area (Å²) in [5.74, 6) is 0.345. The molecule has 0 radical (unpaired) electrons. The minimum absolute atomic E-state index is 0.345. The van der Waals surface area contributed by atoms with E-state index in [2.05, 4.69) is 12.2 Å². The number of hydrogen-bond acceptors (Lipinski definition) is 2. The molecule has 96 valence electrons. The van der Waals surface area contributed by atoms with Gasteiger partial charge in [-0.1, -0.05) is 44.7 Å². The zero-order valence-corrected chi connectivity index (χ0v) is 10.9. The summed E-state index contributed by atoms with van der Waals surface area (Å²) in [5, 5.41) is 12.6. The van der Waals surface area contributed by atoms with Crippen molar-refractivity contribution in [3.63, 3.8) is 0 Å². The van der Waals surface area contributed by atoms with Crippen molar-refractivity contribution in [1.82, 2.24) is 5.32 Å². The Balaban J connectivity index is 1.95. The molecule has 0 fully saturated rings. The third-order valence-electron chi connectivity index (χ3n) is 2.98. The molecule has 0 unspecified atom stereocenters. The molecule has 0 aromatic heterocycles. The SMILES string of the molecule is CCCCCCCNCCc1ccc(O)cc1. The topological polar surface area (TPSA) is 32.3 Å². The molecule has 0 bridgehead atoms. The fourth-order valence-electron chi connectivity index (χ4n) is 1.87. The fourth-order valence-corrected chi connectivity index (χ4v) is 1.87. The van der Waals surface area contributed by atoms with Gasteiger partial charge in [-0.15, -0.1) is 0 Å². The molecule has 0 heterocycles. The number of rotatable bonds is 9. The van der Waals surface area contributed by atoms with Crippen molar-refractivity contribution in [3.8, 4) is 5.75 Å². The Bertz CT molecular complexity index is 281. The van der Waals surface area contributed by atoms with Gasteiger partial charge in [0, 0.05) is 0 Å². The lowest BCUT2D eigenvalue weighted by molar-refractivity contribution is 0.475. The Labute approximate surface area is 105 Å². The number of benzene rings is 1. The van der Waals surface area contributed by atoms with E-state index < -0.39 is 0 Å². The summed E-state index contributed by atoms with van der Waals surface area (Å²) in [6, 6.07) is 7.47. The van der Waals surface area contributed by atoms with Gasteiger partial charge in [-0.05, 0) is 43.6 Å². The van der Waals surface area contributed by atoms with Gasteiger partial charge in [-0.25, -0.2) is 0 Å². The van der Waals surface area contributed by atoms with Gasteiger partial charge >= 0.3 is 0 Å². The first kappa shape index (κ1) is 14.0. The normalized spacial score (nSPS) is 10.6. The summed E-state index contributed by atoms with van der Waals surface area (Å²) in [7, 11) is 0. The first-order valence-corrected chi connectivity index (χ1v) is 6.81. The van der Waals surface area contributed by atoms with Crippen molar-refractivity contribution in [2.75, 3.05) is 13.1 Å². The smallest absolute Gasteiger partial charge is 0.115 e. The Kier molecular flexibility index (Phi) is 7.48. The van der Waals surface area contributed by atoms with Crippen molar-refractivity contribution in [1.29, 1.82) is 0 Å². The Morgan fingerprint density at radius 1 is 0.941 bits per heavy atom. The third kappa shape index (κ3) is 7.01. The van der Waals surface area contributed by atoms with Gasteiger partial charge in [-0.3, -0.25) is 0 Å². The average Bonchev–Trinajstić information content (AvgIpc) is 2.35. The maximum absolute atomic E-state index is 9.15. The van der Waals surface area contributed by atoms with Crippen molar-refractivity contribution >= 4 is 0 Å². The summed E-state index contributed by atoms with van der Waals surface area (Å²) in [6.07, 6.45) is 7.72. The van der Waals surface area contributed by atoms with Gasteiger partial charge in [0.15, 0.2) is 0 Å². The van der Waals surface area contributed by atoms with Crippen LogP contribution in [0.3, 0.4) is 0 Å². The predicted octanol–water partition coefficient (Wildman–Crippen LogP) is 3.49. The van der Waals surface area contributed by atoms with E-state index >= 15 is 0 Å². The minimum Gasteiger partial charge on any atom is -0.508 e. The highest BCUT2D eigenvalue weighted by atomic mass is 16.3. The molecular weight excluding hydrogens is 210 g/mol. The van der Waals surface area contributed by atoms with E-state index in [1.54, 1.807) is 12.1 Å². The van der Waals surface area contributed by atoms with Crippen LogP contribution in [0.25, 0.3) is 0 Å². The largest absolute Gasteiger partial charge is 0.508 e. The van der Waals surface area contributed by atoms with E-state index in [0.29, 0.717) is 5.75 Å². The molecule has 0 saturated carbocycles. The molecule has 1 rings (SSSR count). The number of phenols is 1. The molecule has 0 amide bonds. The molecule has 1 aromatic carbocycles. The van der Waals surface area contributed by atoms with Crippen molar-refractivity contribution in [2.45, 2.75) is 45.4 Å². The second kappa shape index (κ2) is 9.06. The van der Waals surface area contributed by atoms with Crippen LogP contribution in [-0.4, -0.2) is 18.2 Å². The Morgan fingerprint density at radius 2 is 1.65 bits per heavy atom. The number of unbranched alkanes of at least 4 members (excludes halogenated alkanes) is 4. The number of nitrogens with one attached hydrogen (secondary N) is 1. The molecule has 0 aliphatic rings. The van der Waals surface area contributed by atoms with E-state index in [-0.39, 0.29) is 0 Å². The molecule has 2 heteroatoms. The zero-order valence-electron chi connectivity index (χ0n) is 10.9. The van der Waals surface area contributed by atoms with Crippen molar-refractivity contribution in [2.24, 2.45) is 0 Å². The fraction of sp³-hybridized carbons (Fsp3) is 0.600. The average molecular weight is 235 g/mol. The Hall–Kier alpha value is -1.02.